The molecule has 20 heavy (non-hydrogen) atoms. The van der Waals surface area contributed by atoms with Crippen LogP contribution in [0.25, 0.3) is 0 Å². The highest BCUT2D eigenvalue weighted by molar-refractivity contribution is 6.31. The van der Waals surface area contributed by atoms with Gasteiger partial charge in [-0.3, -0.25) is 9.69 Å². The molecule has 2 bridgehead atoms. The van der Waals surface area contributed by atoms with Crippen LogP contribution in [0.3, 0.4) is 0 Å². The van der Waals surface area contributed by atoms with Crippen LogP contribution in [0.5, 0.6) is 0 Å². The molecular weight excluding hydrogens is 276 g/mol. The fourth-order valence-electron chi connectivity index (χ4n) is 2.87. The van der Waals surface area contributed by atoms with Gasteiger partial charge in [-0.15, -0.1) is 0 Å². The Balaban J connectivity index is 1.76. The third kappa shape index (κ3) is 2.97. The van der Waals surface area contributed by atoms with E-state index in [-0.39, 0.29) is 17.9 Å². The minimum absolute atomic E-state index is 0.0771. The van der Waals surface area contributed by atoms with E-state index in [1.54, 1.807) is 0 Å². The minimum Gasteiger partial charge on any atom is -0.378 e. The topological polar surface area (TPSA) is 41.6 Å². The molecule has 2 aliphatic rings. The van der Waals surface area contributed by atoms with Gasteiger partial charge in [-0.2, -0.15) is 0 Å². The second-order valence-corrected chi connectivity index (χ2v) is 6.14. The van der Waals surface area contributed by atoms with Gasteiger partial charge in [-0.1, -0.05) is 23.7 Å². The maximum absolute atomic E-state index is 12.0. The summed E-state index contributed by atoms with van der Waals surface area (Å²) in [6, 6.07) is 6.22. The van der Waals surface area contributed by atoms with Crippen molar-refractivity contribution in [2.45, 2.75) is 19.5 Å². The normalized spacial score (nSPS) is 27.0. The first-order valence-corrected chi connectivity index (χ1v) is 7.35. The van der Waals surface area contributed by atoms with Crippen molar-refractivity contribution in [3.63, 3.8) is 0 Å². The minimum atomic E-state index is -0.0771. The average molecular weight is 295 g/mol. The number of ether oxygens (including phenoxy) is 1. The fraction of sp³-hybridized carbons (Fsp3) is 0.533. The Morgan fingerprint density at radius 2 is 2.25 bits per heavy atom. The van der Waals surface area contributed by atoms with E-state index in [2.05, 4.69) is 22.3 Å². The number of nitrogens with one attached hydrogen (secondary N) is 1. The number of carbonyl (C=O) groups is 1. The number of amides is 1. The van der Waals surface area contributed by atoms with Gasteiger partial charge in [0.05, 0.1) is 25.2 Å². The summed E-state index contributed by atoms with van der Waals surface area (Å²) in [5, 5.41) is 3.84. The summed E-state index contributed by atoms with van der Waals surface area (Å²) in [5.74, 6) is 0.0386. The van der Waals surface area contributed by atoms with Gasteiger partial charge in [0, 0.05) is 24.7 Å². The first-order chi connectivity index (χ1) is 9.61. The Labute approximate surface area is 124 Å². The Morgan fingerprint density at radius 1 is 1.40 bits per heavy atom. The van der Waals surface area contributed by atoms with E-state index >= 15 is 0 Å². The number of hydrogen-bond acceptors (Lipinski definition) is 3. The molecule has 0 spiro atoms. The van der Waals surface area contributed by atoms with Crippen LogP contribution in [-0.2, 0) is 16.1 Å². The van der Waals surface area contributed by atoms with Crippen LogP contribution in [0.2, 0.25) is 5.02 Å². The molecule has 0 aromatic heterocycles. The van der Waals surface area contributed by atoms with Crippen molar-refractivity contribution in [1.82, 2.24) is 10.2 Å². The number of carbonyl (C=O) groups excluding carboxylic acids is 1. The average Bonchev–Trinajstić information content (AvgIpc) is 2.61. The Kier molecular flexibility index (Phi) is 3.96. The van der Waals surface area contributed by atoms with Gasteiger partial charge in [0.25, 0.3) is 0 Å². The Bertz CT molecular complexity index is 521. The van der Waals surface area contributed by atoms with Crippen LogP contribution < -0.4 is 5.32 Å². The van der Waals surface area contributed by atoms with Crippen molar-refractivity contribution in [2.75, 3.05) is 26.3 Å². The van der Waals surface area contributed by atoms with Gasteiger partial charge in [-0.05, 0) is 24.1 Å². The molecule has 3 rings (SSSR count). The highest BCUT2D eigenvalue weighted by atomic mass is 35.5. The van der Waals surface area contributed by atoms with Crippen molar-refractivity contribution in [1.29, 1.82) is 0 Å². The monoisotopic (exact) mass is 294 g/mol. The quantitative estimate of drug-likeness (QED) is 0.901. The Hall–Kier alpha value is -1.10. The van der Waals surface area contributed by atoms with E-state index in [4.69, 9.17) is 16.3 Å². The molecule has 0 saturated carbocycles. The highest BCUT2D eigenvalue weighted by Gasteiger charge is 2.33. The summed E-state index contributed by atoms with van der Waals surface area (Å²) >= 11 is 6.30. The molecular formula is C15H19ClN2O2. The number of rotatable bonds is 2. The van der Waals surface area contributed by atoms with Crippen molar-refractivity contribution in [3.05, 3.63) is 34.3 Å². The van der Waals surface area contributed by atoms with Crippen LogP contribution >= 0.6 is 11.6 Å². The molecule has 108 valence electrons. The molecule has 0 aliphatic carbocycles. The lowest BCUT2D eigenvalue weighted by Gasteiger charge is -2.27. The zero-order valence-electron chi connectivity index (χ0n) is 11.6. The van der Waals surface area contributed by atoms with E-state index in [1.165, 1.54) is 0 Å². The molecule has 1 aromatic carbocycles. The summed E-state index contributed by atoms with van der Waals surface area (Å²) < 4.78 is 5.53. The summed E-state index contributed by atoms with van der Waals surface area (Å²) in [7, 11) is 0. The van der Waals surface area contributed by atoms with Gasteiger partial charge in [0.2, 0.25) is 5.91 Å². The lowest BCUT2D eigenvalue weighted by Crippen LogP contribution is -2.41. The maximum Gasteiger partial charge on any atom is 0.227 e. The molecule has 2 aliphatic heterocycles. The molecule has 5 heteroatoms. The lowest BCUT2D eigenvalue weighted by molar-refractivity contribution is -0.125. The third-order valence-electron chi connectivity index (χ3n) is 3.91. The first-order valence-electron chi connectivity index (χ1n) is 6.97. The second-order valence-electron chi connectivity index (χ2n) is 5.73. The molecule has 0 radical (unpaired) electrons. The molecule has 2 atom stereocenters. The van der Waals surface area contributed by atoms with E-state index in [1.807, 2.05) is 13.0 Å². The maximum atomic E-state index is 12.0. The summed E-state index contributed by atoms with van der Waals surface area (Å²) in [5.41, 5.74) is 2.28. The Morgan fingerprint density at radius 3 is 3.05 bits per heavy atom. The predicted octanol–water partition coefficient (Wildman–Crippen LogP) is 1.60. The lowest BCUT2D eigenvalue weighted by atomic mass is 10.1. The SMILES string of the molecule is Cc1ccc(CN2C[C@H]3COC[C@@H](C2)C(=O)N3)c(Cl)c1. The smallest absolute Gasteiger partial charge is 0.227 e. The summed E-state index contributed by atoms with van der Waals surface area (Å²) in [6.07, 6.45) is 0. The highest BCUT2D eigenvalue weighted by Crippen LogP contribution is 2.22. The zero-order valence-corrected chi connectivity index (χ0v) is 12.3. The van der Waals surface area contributed by atoms with Crippen LogP contribution in [0.15, 0.2) is 18.2 Å². The first kappa shape index (κ1) is 13.9. The van der Waals surface area contributed by atoms with Crippen LogP contribution in [-0.4, -0.2) is 43.2 Å². The van der Waals surface area contributed by atoms with Crippen molar-refractivity contribution in [2.24, 2.45) is 5.92 Å². The van der Waals surface area contributed by atoms with E-state index in [9.17, 15) is 4.79 Å². The predicted molar refractivity (Wildman–Crippen MR) is 77.7 cm³/mol. The van der Waals surface area contributed by atoms with Crippen LogP contribution in [0, 0.1) is 12.8 Å². The van der Waals surface area contributed by atoms with Gasteiger partial charge in [-0.25, -0.2) is 0 Å². The molecule has 0 unspecified atom stereocenters. The number of hydrogen-bond donors (Lipinski definition) is 1. The van der Waals surface area contributed by atoms with Crippen molar-refractivity contribution >= 4 is 17.5 Å². The number of halogens is 1. The number of fused-ring (bicyclic) bond motifs is 3. The number of nitrogens with zero attached hydrogens (tertiary/aromatic N) is 1. The van der Waals surface area contributed by atoms with Crippen molar-refractivity contribution in [3.8, 4) is 0 Å². The van der Waals surface area contributed by atoms with Crippen LogP contribution in [0.1, 0.15) is 11.1 Å². The van der Waals surface area contributed by atoms with Crippen LogP contribution in [0.4, 0.5) is 0 Å². The van der Waals surface area contributed by atoms with Gasteiger partial charge < -0.3 is 10.1 Å². The fourth-order valence-corrected chi connectivity index (χ4v) is 3.17. The molecule has 1 N–H and O–H groups in total. The standard InChI is InChI=1S/C15H19ClN2O2/c1-10-2-3-11(14(16)4-10)5-18-6-12-8-20-9-13(7-18)17-15(12)19/h2-4,12-13H,5-9H2,1H3,(H,17,19)/t12-,13+/m1/s1. The largest absolute Gasteiger partial charge is 0.378 e. The van der Waals surface area contributed by atoms with E-state index < -0.39 is 0 Å². The van der Waals surface area contributed by atoms with Gasteiger partial charge in [0.15, 0.2) is 0 Å². The number of aryl methyl sites for hydroxylation is 1. The molecule has 2 saturated heterocycles. The molecule has 2 heterocycles. The van der Waals surface area contributed by atoms with E-state index in [0.29, 0.717) is 13.2 Å². The van der Waals surface area contributed by atoms with Crippen molar-refractivity contribution < 1.29 is 9.53 Å². The summed E-state index contributed by atoms with van der Waals surface area (Å²) in [4.78, 5) is 14.3. The van der Waals surface area contributed by atoms with Gasteiger partial charge >= 0.3 is 0 Å². The number of benzene rings is 1. The third-order valence-corrected chi connectivity index (χ3v) is 4.27. The zero-order chi connectivity index (χ0) is 14.1. The molecule has 1 amide bonds. The van der Waals surface area contributed by atoms with Gasteiger partial charge in [0.1, 0.15) is 0 Å². The summed E-state index contributed by atoms with van der Waals surface area (Å²) in [6.45, 7) is 5.47. The molecule has 1 aromatic rings. The molecule has 4 nitrogen and oxygen atoms in total. The van der Waals surface area contributed by atoms with E-state index in [0.717, 1.165) is 35.8 Å². The molecule has 2 fully saturated rings. The second kappa shape index (κ2) is 5.72.